The third-order valence-corrected chi connectivity index (χ3v) is 4.86. The Hall–Kier alpha value is -2.21. The Kier molecular flexibility index (Phi) is 3.93. The number of hydrogen-bond acceptors (Lipinski definition) is 3. The van der Waals surface area contributed by atoms with E-state index >= 15 is 0 Å². The van der Waals surface area contributed by atoms with Gasteiger partial charge in [-0.25, -0.2) is 0 Å². The van der Waals surface area contributed by atoms with Crippen molar-refractivity contribution >= 4 is 33.2 Å². The summed E-state index contributed by atoms with van der Waals surface area (Å²) in [5.74, 6) is -0.108. The van der Waals surface area contributed by atoms with Crippen molar-refractivity contribution in [3.63, 3.8) is 0 Å². The molecule has 0 unspecified atom stereocenters. The first kappa shape index (κ1) is 15.7. The van der Waals surface area contributed by atoms with Crippen LogP contribution in [0, 0.1) is 17.0 Å². The van der Waals surface area contributed by atoms with Crippen LogP contribution in [0.2, 0.25) is 0 Å². The van der Waals surface area contributed by atoms with Crippen LogP contribution in [0.25, 0.3) is 0 Å². The van der Waals surface area contributed by atoms with Crippen LogP contribution in [0.3, 0.4) is 0 Å². The number of carbonyl (C=O) groups excluding carboxylic acids is 1. The largest absolute Gasteiger partial charge is 0.325 e. The van der Waals surface area contributed by atoms with E-state index in [0.717, 1.165) is 22.9 Å². The summed E-state index contributed by atoms with van der Waals surface area (Å²) in [6.07, 6.45) is 1.57. The number of rotatable bonds is 4. The van der Waals surface area contributed by atoms with Crippen LogP contribution in [0.4, 0.5) is 11.4 Å². The Bertz CT molecular complexity index is 783. The van der Waals surface area contributed by atoms with Gasteiger partial charge in [-0.2, -0.15) is 0 Å². The summed E-state index contributed by atoms with van der Waals surface area (Å²) in [6.45, 7) is 1.65. The second-order valence-corrected chi connectivity index (χ2v) is 6.67. The Morgan fingerprint density at radius 1 is 1.22 bits per heavy atom. The van der Waals surface area contributed by atoms with Gasteiger partial charge in [0.05, 0.1) is 21.6 Å². The maximum Gasteiger partial charge on any atom is 0.274 e. The summed E-state index contributed by atoms with van der Waals surface area (Å²) in [4.78, 5) is 23.3. The van der Waals surface area contributed by atoms with Crippen molar-refractivity contribution in [1.29, 1.82) is 0 Å². The smallest absolute Gasteiger partial charge is 0.274 e. The Morgan fingerprint density at radius 2 is 1.87 bits per heavy atom. The van der Waals surface area contributed by atoms with Crippen LogP contribution in [0.15, 0.2) is 46.9 Å². The molecule has 1 saturated carbocycles. The van der Waals surface area contributed by atoms with Gasteiger partial charge in [0.25, 0.3) is 5.69 Å². The summed E-state index contributed by atoms with van der Waals surface area (Å²) >= 11 is 3.39. The molecular weight excluding hydrogens is 360 g/mol. The molecule has 5 nitrogen and oxygen atoms in total. The standard InChI is InChI=1S/C17H15BrN2O3/c1-11-14(3-2-4-15(11)20(22)23)19-16(21)17(9-10-17)12-5-7-13(18)8-6-12/h2-8H,9-10H2,1H3,(H,19,21). The van der Waals surface area contributed by atoms with E-state index in [0.29, 0.717) is 11.3 Å². The average molecular weight is 375 g/mol. The highest BCUT2D eigenvalue weighted by molar-refractivity contribution is 9.10. The van der Waals surface area contributed by atoms with Crippen molar-refractivity contribution in [1.82, 2.24) is 0 Å². The van der Waals surface area contributed by atoms with Crippen molar-refractivity contribution in [2.45, 2.75) is 25.2 Å². The Morgan fingerprint density at radius 3 is 2.43 bits per heavy atom. The van der Waals surface area contributed by atoms with Gasteiger partial charge in [0.15, 0.2) is 0 Å². The first-order valence-electron chi connectivity index (χ1n) is 7.25. The molecule has 23 heavy (non-hydrogen) atoms. The van der Waals surface area contributed by atoms with E-state index in [-0.39, 0.29) is 11.6 Å². The van der Waals surface area contributed by atoms with E-state index in [1.54, 1.807) is 19.1 Å². The van der Waals surface area contributed by atoms with Crippen LogP contribution >= 0.6 is 15.9 Å². The van der Waals surface area contributed by atoms with Gasteiger partial charge in [-0.3, -0.25) is 14.9 Å². The summed E-state index contributed by atoms with van der Waals surface area (Å²) in [6, 6.07) is 12.4. The van der Waals surface area contributed by atoms with Crippen LogP contribution in [-0.4, -0.2) is 10.8 Å². The van der Waals surface area contributed by atoms with Crippen LogP contribution < -0.4 is 5.32 Å². The van der Waals surface area contributed by atoms with E-state index in [9.17, 15) is 14.9 Å². The van der Waals surface area contributed by atoms with Gasteiger partial charge in [0.1, 0.15) is 0 Å². The van der Waals surface area contributed by atoms with Crippen molar-refractivity contribution in [2.24, 2.45) is 0 Å². The number of halogens is 1. The molecule has 0 bridgehead atoms. The van der Waals surface area contributed by atoms with Crippen LogP contribution in [-0.2, 0) is 10.2 Å². The number of hydrogen-bond donors (Lipinski definition) is 1. The molecule has 0 spiro atoms. The van der Waals surface area contributed by atoms with Gasteiger partial charge >= 0.3 is 0 Å². The number of benzene rings is 2. The molecule has 2 aromatic carbocycles. The molecule has 1 N–H and O–H groups in total. The highest BCUT2D eigenvalue weighted by Gasteiger charge is 2.51. The number of nitrogens with one attached hydrogen (secondary N) is 1. The first-order valence-corrected chi connectivity index (χ1v) is 8.05. The van der Waals surface area contributed by atoms with Gasteiger partial charge in [-0.15, -0.1) is 0 Å². The molecule has 2 aromatic rings. The summed E-state index contributed by atoms with van der Waals surface area (Å²) in [7, 11) is 0. The number of amides is 1. The predicted octanol–water partition coefficient (Wildman–Crippen LogP) is 4.34. The minimum atomic E-state index is -0.516. The SMILES string of the molecule is Cc1c(NC(=O)C2(c3ccc(Br)cc3)CC2)cccc1[N+](=O)[O-]. The van der Waals surface area contributed by atoms with Crippen molar-refractivity contribution in [2.75, 3.05) is 5.32 Å². The molecule has 3 rings (SSSR count). The van der Waals surface area contributed by atoms with Crippen molar-refractivity contribution in [3.8, 4) is 0 Å². The lowest BCUT2D eigenvalue weighted by Crippen LogP contribution is -2.28. The number of carbonyl (C=O) groups is 1. The molecule has 6 heteroatoms. The van der Waals surface area contributed by atoms with Gasteiger partial charge in [-0.05, 0) is 43.5 Å². The number of anilines is 1. The predicted molar refractivity (Wildman–Crippen MR) is 91.5 cm³/mol. The van der Waals surface area contributed by atoms with Crippen LogP contribution in [0.5, 0.6) is 0 Å². The normalized spacial score (nSPS) is 15.0. The topological polar surface area (TPSA) is 72.2 Å². The molecule has 1 fully saturated rings. The quantitative estimate of drug-likeness (QED) is 0.638. The van der Waals surface area contributed by atoms with Gasteiger partial charge in [-0.1, -0.05) is 34.1 Å². The minimum absolute atomic E-state index is 0.0105. The lowest BCUT2D eigenvalue weighted by Gasteiger charge is -2.17. The zero-order valence-electron chi connectivity index (χ0n) is 12.5. The van der Waals surface area contributed by atoms with E-state index in [2.05, 4.69) is 21.2 Å². The molecule has 0 heterocycles. The third kappa shape index (κ3) is 2.86. The van der Waals surface area contributed by atoms with Gasteiger partial charge in [0, 0.05) is 10.5 Å². The van der Waals surface area contributed by atoms with E-state index in [1.165, 1.54) is 6.07 Å². The molecule has 1 amide bonds. The Balaban J connectivity index is 1.86. The highest BCUT2D eigenvalue weighted by atomic mass is 79.9. The average Bonchev–Trinajstić information content (AvgIpc) is 3.31. The molecule has 0 radical (unpaired) electrons. The van der Waals surface area contributed by atoms with Crippen LogP contribution in [0.1, 0.15) is 24.0 Å². The second kappa shape index (κ2) is 5.77. The fourth-order valence-corrected chi connectivity index (χ4v) is 3.00. The highest BCUT2D eigenvalue weighted by Crippen LogP contribution is 2.49. The third-order valence-electron chi connectivity index (χ3n) is 4.33. The lowest BCUT2D eigenvalue weighted by molar-refractivity contribution is -0.385. The monoisotopic (exact) mass is 374 g/mol. The first-order chi connectivity index (χ1) is 10.9. The molecule has 0 aromatic heterocycles. The lowest BCUT2D eigenvalue weighted by atomic mass is 9.95. The van der Waals surface area contributed by atoms with E-state index < -0.39 is 10.3 Å². The minimum Gasteiger partial charge on any atom is -0.325 e. The summed E-state index contributed by atoms with van der Waals surface area (Å²) in [5, 5.41) is 13.9. The summed E-state index contributed by atoms with van der Waals surface area (Å²) in [5.41, 5.74) is 1.43. The Labute approximate surface area is 142 Å². The molecule has 1 aliphatic rings. The molecule has 0 atom stereocenters. The second-order valence-electron chi connectivity index (χ2n) is 5.75. The molecule has 0 saturated heterocycles. The zero-order valence-corrected chi connectivity index (χ0v) is 14.1. The van der Waals surface area contributed by atoms with E-state index in [1.807, 2.05) is 24.3 Å². The molecule has 118 valence electrons. The van der Waals surface area contributed by atoms with Gasteiger partial charge in [0.2, 0.25) is 5.91 Å². The van der Waals surface area contributed by atoms with E-state index in [4.69, 9.17) is 0 Å². The zero-order chi connectivity index (χ0) is 16.6. The van der Waals surface area contributed by atoms with Crippen molar-refractivity contribution in [3.05, 3.63) is 68.2 Å². The van der Waals surface area contributed by atoms with Gasteiger partial charge < -0.3 is 5.32 Å². The number of nitrogens with zero attached hydrogens (tertiary/aromatic N) is 1. The maximum absolute atomic E-state index is 12.7. The molecular formula is C17H15BrN2O3. The fraction of sp³-hybridized carbons (Fsp3) is 0.235. The van der Waals surface area contributed by atoms with Crippen molar-refractivity contribution < 1.29 is 9.72 Å². The number of nitro groups is 1. The fourth-order valence-electron chi connectivity index (χ4n) is 2.74. The maximum atomic E-state index is 12.7. The molecule has 0 aliphatic heterocycles. The molecule has 1 aliphatic carbocycles. The number of nitro benzene ring substituents is 1. The summed E-state index contributed by atoms with van der Waals surface area (Å²) < 4.78 is 0.965.